The largest absolute Gasteiger partial charge is 0.453 e. The summed E-state index contributed by atoms with van der Waals surface area (Å²) in [5.41, 5.74) is -0.452. The Bertz CT molecular complexity index is 1230. The van der Waals surface area contributed by atoms with Crippen molar-refractivity contribution >= 4 is 34.6 Å². The van der Waals surface area contributed by atoms with Crippen LogP contribution in [0.25, 0.3) is 10.8 Å². The zero-order valence-electron chi connectivity index (χ0n) is 19.4. The van der Waals surface area contributed by atoms with E-state index in [9.17, 15) is 19.2 Å². The zero-order chi connectivity index (χ0) is 24.2. The summed E-state index contributed by atoms with van der Waals surface area (Å²) >= 11 is 0. The molecular formula is C26H27N3O5. The van der Waals surface area contributed by atoms with Crippen LogP contribution >= 0.6 is 0 Å². The van der Waals surface area contributed by atoms with Crippen molar-refractivity contribution in [2.75, 3.05) is 13.7 Å². The molecule has 2 saturated heterocycles. The molecular weight excluding hydrogens is 434 g/mol. The summed E-state index contributed by atoms with van der Waals surface area (Å²) in [4.78, 5) is 54.7. The number of fused-ring (bicyclic) bond motifs is 3. The molecule has 176 valence electrons. The molecule has 4 amide bonds. The van der Waals surface area contributed by atoms with Crippen LogP contribution in [0.15, 0.2) is 54.6 Å². The molecule has 0 N–H and O–H groups in total. The molecule has 4 aliphatic rings. The second-order valence-electron chi connectivity index (χ2n) is 9.78. The van der Waals surface area contributed by atoms with Crippen molar-refractivity contribution in [3.63, 3.8) is 0 Å². The van der Waals surface area contributed by atoms with Crippen molar-refractivity contribution in [2.45, 2.75) is 38.3 Å². The minimum Gasteiger partial charge on any atom is -0.453 e. The van der Waals surface area contributed by atoms with Gasteiger partial charge in [0.05, 0.1) is 31.0 Å². The maximum Gasteiger partial charge on any atom is 0.410 e. The Balaban J connectivity index is 1.52. The van der Waals surface area contributed by atoms with Gasteiger partial charge in [-0.1, -0.05) is 48.6 Å². The van der Waals surface area contributed by atoms with Gasteiger partial charge in [-0.3, -0.25) is 14.4 Å². The van der Waals surface area contributed by atoms with Gasteiger partial charge in [0, 0.05) is 12.1 Å². The first kappa shape index (κ1) is 22.1. The quantitative estimate of drug-likeness (QED) is 0.506. The van der Waals surface area contributed by atoms with Crippen molar-refractivity contribution in [1.29, 1.82) is 0 Å². The van der Waals surface area contributed by atoms with E-state index in [0.717, 1.165) is 15.8 Å². The average Bonchev–Trinajstić information content (AvgIpc) is 3.10. The lowest BCUT2D eigenvalue weighted by Gasteiger charge is -2.46. The number of carbonyl (C=O) groups excluding carboxylic acids is 4. The number of carbonyl (C=O) groups is 4. The molecule has 3 heterocycles. The number of hydrazine groups is 1. The molecule has 0 spiro atoms. The van der Waals surface area contributed by atoms with Crippen LogP contribution in [0.5, 0.6) is 0 Å². The monoisotopic (exact) mass is 461 g/mol. The van der Waals surface area contributed by atoms with E-state index in [-0.39, 0.29) is 12.3 Å². The van der Waals surface area contributed by atoms with E-state index in [1.807, 2.05) is 42.5 Å². The Hall–Kier alpha value is -3.68. The SMILES string of the molecule is COC(=O)N1C[C@@H]2C=C[C@H]1[C@H](C(=O)N1C(=O)CC(C)(C)N1C(=O)c1cccc3ccccc13)C2. The molecule has 8 nitrogen and oxygen atoms in total. The van der Waals surface area contributed by atoms with Gasteiger partial charge in [-0.2, -0.15) is 5.01 Å². The van der Waals surface area contributed by atoms with Crippen molar-refractivity contribution in [3.8, 4) is 0 Å². The Labute approximate surface area is 197 Å². The Morgan fingerprint density at radius 3 is 2.50 bits per heavy atom. The van der Waals surface area contributed by atoms with E-state index >= 15 is 0 Å². The number of imide groups is 1. The number of nitrogens with zero attached hydrogens (tertiary/aromatic N) is 3. The average molecular weight is 462 g/mol. The number of amides is 4. The van der Waals surface area contributed by atoms with Gasteiger partial charge in [-0.05, 0) is 43.0 Å². The van der Waals surface area contributed by atoms with E-state index in [4.69, 9.17) is 4.74 Å². The number of benzene rings is 2. The van der Waals surface area contributed by atoms with Gasteiger partial charge < -0.3 is 9.64 Å². The highest BCUT2D eigenvalue weighted by Gasteiger charge is 2.54. The van der Waals surface area contributed by atoms with Crippen LogP contribution in [-0.2, 0) is 14.3 Å². The topological polar surface area (TPSA) is 87.2 Å². The lowest BCUT2D eigenvalue weighted by atomic mass is 9.77. The molecule has 8 heteroatoms. The van der Waals surface area contributed by atoms with Crippen molar-refractivity contribution in [1.82, 2.24) is 14.9 Å². The van der Waals surface area contributed by atoms with E-state index in [1.165, 1.54) is 17.0 Å². The van der Waals surface area contributed by atoms with Gasteiger partial charge in [0.2, 0.25) is 0 Å². The predicted octanol–water partition coefficient (Wildman–Crippen LogP) is 3.38. The molecule has 0 radical (unpaired) electrons. The number of hydrogen-bond donors (Lipinski definition) is 0. The molecule has 0 saturated carbocycles. The second-order valence-corrected chi connectivity index (χ2v) is 9.78. The van der Waals surface area contributed by atoms with E-state index in [2.05, 4.69) is 0 Å². The van der Waals surface area contributed by atoms with Gasteiger partial charge in [-0.15, -0.1) is 0 Å². The fourth-order valence-electron chi connectivity index (χ4n) is 5.51. The van der Waals surface area contributed by atoms with E-state index in [1.54, 1.807) is 26.0 Å². The lowest BCUT2D eigenvalue weighted by molar-refractivity contribution is -0.161. The molecule has 3 aliphatic heterocycles. The third kappa shape index (κ3) is 3.36. The van der Waals surface area contributed by atoms with Crippen LogP contribution in [-0.4, -0.2) is 64.0 Å². The fraction of sp³-hybridized carbons (Fsp3) is 0.385. The molecule has 0 aromatic heterocycles. The summed E-state index contributed by atoms with van der Waals surface area (Å²) in [6.45, 7) is 4.04. The molecule has 3 atom stereocenters. The third-order valence-corrected chi connectivity index (χ3v) is 7.08. The fourth-order valence-corrected chi connectivity index (χ4v) is 5.51. The normalized spacial score (nSPS) is 25.2. The summed E-state index contributed by atoms with van der Waals surface area (Å²) in [5.74, 6) is -1.92. The molecule has 6 rings (SSSR count). The molecule has 2 aromatic carbocycles. The molecule has 1 aliphatic carbocycles. The maximum atomic E-state index is 13.9. The van der Waals surface area contributed by atoms with Crippen LogP contribution < -0.4 is 0 Å². The Morgan fingerprint density at radius 1 is 1.03 bits per heavy atom. The smallest absolute Gasteiger partial charge is 0.410 e. The molecule has 2 bridgehead atoms. The summed E-state index contributed by atoms with van der Waals surface area (Å²) < 4.78 is 4.90. The highest BCUT2D eigenvalue weighted by atomic mass is 16.5. The van der Waals surface area contributed by atoms with E-state index in [0.29, 0.717) is 18.5 Å². The van der Waals surface area contributed by atoms with Crippen LogP contribution in [0.3, 0.4) is 0 Å². The first-order valence-corrected chi connectivity index (χ1v) is 11.4. The van der Waals surface area contributed by atoms with Gasteiger partial charge in [0.25, 0.3) is 17.7 Å². The van der Waals surface area contributed by atoms with Crippen LogP contribution in [0.4, 0.5) is 4.79 Å². The van der Waals surface area contributed by atoms with Crippen molar-refractivity contribution in [2.24, 2.45) is 11.8 Å². The summed E-state index contributed by atoms with van der Waals surface area (Å²) in [6.07, 6.45) is 3.87. The summed E-state index contributed by atoms with van der Waals surface area (Å²) in [5, 5.41) is 4.00. The number of hydrogen-bond acceptors (Lipinski definition) is 5. The zero-order valence-corrected chi connectivity index (χ0v) is 19.4. The number of piperidine rings is 1. The molecule has 2 fully saturated rings. The highest BCUT2D eigenvalue weighted by Crippen LogP contribution is 2.40. The van der Waals surface area contributed by atoms with Crippen LogP contribution in [0, 0.1) is 11.8 Å². The van der Waals surface area contributed by atoms with Gasteiger partial charge in [0.15, 0.2) is 0 Å². The third-order valence-electron chi connectivity index (χ3n) is 7.08. The van der Waals surface area contributed by atoms with E-state index < -0.39 is 41.3 Å². The highest BCUT2D eigenvalue weighted by molar-refractivity contribution is 6.10. The number of rotatable bonds is 2. The summed E-state index contributed by atoms with van der Waals surface area (Å²) in [6, 6.07) is 12.4. The minimum atomic E-state index is -0.883. The number of methoxy groups -OCH3 is 1. The minimum absolute atomic E-state index is 0.00835. The Morgan fingerprint density at radius 2 is 1.76 bits per heavy atom. The van der Waals surface area contributed by atoms with Crippen molar-refractivity contribution in [3.05, 3.63) is 60.2 Å². The van der Waals surface area contributed by atoms with Gasteiger partial charge in [-0.25, -0.2) is 9.80 Å². The predicted molar refractivity (Wildman–Crippen MR) is 124 cm³/mol. The van der Waals surface area contributed by atoms with Crippen LogP contribution in [0.2, 0.25) is 0 Å². The number of ether oxygens (including phenoxy) is 1. The first-order chi connectivity index (χ1) is 16.2. The van der Waals surface area contributed by atoms with Gasteiger partial charge >= 0.3 is 6.09 Å². The maximum absolute atomic E-state index is 13.9. The standard InChI is InChI=1S/C26H27N3O5/c1-26(2)14-22(30)28(23(31)20-13-16-11-12-21(20)27(15-16)25(33)34-3)29(26)24(32)19-10-6-8-17-7-4-5-9-18(17)19/h4-12,16,20-21H,13-15H2,1-3H3/t16-,20-,21+/m1/s1. The molecule has 34 heavy (non-hydrogen) atoms. The van der Waals surface area contributed by atoms with Crippen LogP contribution in [0.1, 0.15) is 37.0 Å². The Kier molecular flexibility index (Phi) is 5.19. The second kappa shape index (κ2) is 7.97. The van der Waals surface area contributed by atoms with Gasteiger partial charge in [0.1, 0.15) is 0 Å². The lowest BCUT2D eigenvalue weighted by Crippen LogP contribution is -2.60. The first-order valence-electron chi connectivity index (χ1n) is 11.4. The molecule has 0 unspecified atom stereocenters. The van der Waals surface area contributed by atoms with Crippen molar-refractivity contribution < 1.29 is 23.9 Å². The molecule has 2 aromatic rings. The summed E-state index contributed by atoms with van der Waals surface area (Å²) in [7, 11) is 1.31.